The van der Waals surface area contributed by atoms with Crippen molar-refractivity contribution in [2.24, 2.45) is 0 Å². The Labute approximate surface area is 94.9 Å². The molecule has 0 amide bonds. The van der Waals surface area contributed by atoms with Crippen LogP contribution < -0.4 is 0 Å². The van der Waals surface area contributed by atoms with Crippen LogP contribution in [0, 0.1) is 0 Å². The maximum atomic E-state index is 10.4. The summed E-state index contributed by atoms with van der Waals surface area (Å²) in [6, 6.07) is 0. The Bertz CT molecular complexity index is 245. The van der Waals surface area contributed by atoms with E-state index in [4.69, 9.17) is 6.15 Å². The van der Waals surface area contributed by atoms with Crippen molar-refractivity contribution in [3.8, 4) is 0 Å². The Balaban J connectivity index is 4.84. The van der Waals surface area contributed by atoms with Crippen LogP contribution in [0.25, 0.3) is 0 Å². The Hall–Kier alpha value is -0.781. The normalized spacial score (nSPS) is 10.3. The van der Waals surface area contributed by atoms with Gasteiger partial charge in [-0.3, -0.25) is 0 Å². The Kier molecular flexibility index (Phi) is 6.31. The molecule has 0 aromatic rings. The van der Waals surface area contributed by atoms with Crippen molar-refractivity contribution in [1.29, 1.82) is 0 Å². The second-order valence-corrected chi connectivity index (χ2v) is 12.2. The molecule has 0 aromatic heterocycles. The van der Waals surface area contributed by atoms with Gasteiger partial charge in [0.15, 0.2) is 0 Å². The van der Waals surface area contributed by atoms with Crippen LogP contribution in [0.3, 0.4) is 0 Å². The van der Waals surface area contributed by atoms with E-state index in [0.717, 1.165) is 11.1 Å². The Morgan fingerprint density at radius 1 is 1.07 bits per heavy atom. The Morgan fingerprint density at radius 2 is 1.40 bits per heavy atom. The molecule has 0 aromatic carbocycles. The molecule has 0 heterocycles. The molecule has 15 heavy (non-hydrogen) atoms. The third-order valence-electron chi connectivity index (χ3n) is 1.67. The molecule has 5 heteroatoms. The fourth-order valence-corrected chi connectivity index (χ4v) is 9.07. The Morgan fingerprint density at radius 3 is 1.60 bits per heavy atom. The second-order valence-electron chi connectivity index (χ2n) is 3.61. The zero-order chi connectivity index (χ0) is 11.9. The number of hydrogen-bond acceptors (Lipinski definition) is 4. The summed E-state index contributed by atoms with van der Waals surface area (Å²) < 4.78 is 11.0. The summed E-state index contributed by atoms with van der Waals surface area (Å²) in [5.41, 5.74) is 1.69. The summed E-state index contributed by atoms with van der Waals surface area (Å²) in [7, 11) is 0. The summed E-state index contributed by atoms with van der Waals surface area (Å²) in [6.07, 6.45) is 0. The van der Waals surface area contributed by atoms with E-state index in [2.05, 4.69) is 13.2 Å². The van der Waals surface area contributed by atoms with Crippen LogP contribution in [0.2, 0.25) is 8.87 Å². The number of allylic oxidation sites excluding steroid dienone is 2. The minimum absolute atomic E-state index is 0.353. The molecule has 0 aliphatic carbocycles. The number of carbonyl (C=O) groups is 2. The van der Waals surface area contributed by atoms with Gasteiger partial charge in [-0.1, -0.05) is 0 Å². The van der Waals surface area contributed by atoms with E-state index in [1.165, 1.54) is 0 Å². The van der Waals surface area contributed by atoms with Crippen molar-refractivity contribution >= 4 is 32.1 Å². The molecular weight excluding hydrogens is 303 g/mol. The van der Waals surface area contributed by atoms with Crippen LogP contribution >= 0.6 is 0 Å². The molecule has 0 saturated heterocycles. The third kappa shape index (κ3) is 5.61. The minimum atomic E-state index is -3.66. The van der Waals surface area contributed by atoms with E-state index in [9.17, 15) is 9.59 Å². The van der Waals surface area contributed by atoms with Crippen molar-refractivity contribution in [2.75, 3.05) is 0 Å². The van der Waals surface area contributed by atoms with E-state index < -0.39 is 19.2 Å². The summed E-state index contributed by atoms with van der Waals surface area (Å²) in [5.74, 6) is 0. The zero-order valence-corrected chi connectivity index (χ0v) is 12.0. The first kappa shape index (κ1) is 14.2. The van der Waals surface area contributed by atoms with E-state index in [1.54, 1.807) is 0 Å². The van der Waals surface area contributed by atoms with Gasteiger partial charge < -0.3 is 0 Å². The molecule has 0 N–H and O–H groups in total. The van der Waals surface area contributed by atoms with Gasteiger partial charge >= 0.3 is 94.9 Å². The van der Waals surface area contributed by atoms with E-state index in [1.807, 2.05) is 13.8 Å². The summed E-state index contributed by atoms with van der Waals surface area (Å²) in [6.45, 7) is 11.8. The molecule has 0 bridgehead atoms. The SMILES string of the molecule is C=C(C)[CH2][Sn]([CH2]C(=C)C)([O]C=O)[O]C=O. The van der Waals surface area contributed by atoms with Crippen molar-refractivity contribution in [2.45, 2.75) is 22.7 Å². The van der Waals surface area contributed by atoms with Gasteiger partial charge in [0, 0.05) is 0 Å². The predicted octanol–water partition coefficient (Wildman–Crippen LogP) is 1.93. The van der Waals surface area contributed by atoms with Crippen LogP contribution in [-0.4, -0.2) is 32.1 Å². The van der Waals surface area contributed by atoms with Crippen LogP contribution in [0.5, 0.6) is 0 Å². The topological polar surface area (TPSA) is 52.6 Å². The summed E-state index contributed by atoms with van der Waals surface area (Å²) in [5, 5.41) is 0. The molecule has 0 aliphatic heterocycles. The van der Waals surface area contributed by atoms with Gasteiger partial charge in [0.25, 0.3) is 0 Å². The van der Waals surface area contributed by atoms with Crippen LogP contribution in [0.1, 0.15) is 13.8 Å². The molecular formula is C10H16O4Sn. The van der Waals surface area contributed by atoms with Gasteiger partial charge in [0.05, 0.1) is 0 Å². The molecule has 0 rings (SSSR count). The van der Waals surface area contributed by atoms with E-state index in [-0.39, 0.29) is 0 Å². The monoisotopic (exact) mass is 320 g/mol. The van der Waals surface area contributed by atoms with Gasteiger partial charge in [0.2, 0.25) is 0 Å². The van der Waals surface area contributed by atoms with Crippen molar-refractivity contribution < 1.29 is 15.7 Å². The molecule has 0 unspecified atom stereocenters. The van der Waals surface area contributed by atoms with Crippen LogP contribution in [0.4, 0.5) is 0 Å². The van der Waals surface area contributed by atoms with Crippen LogP contribution in [0.15, 0.2) is 24.3 Å². The molecule has 0 aliphatic rings. The van der Waals surface area contributed by atoms with Crippen molar-refractivity contribution in [3.63, 3.8) is 0 Å². The average Bonchev–Trinajstić information content (AvgIpc) is 2.01. The predicted molar refractivity (Wildman–Crippen MR) is 59.3 cm³/mol. The molecule has 4 nitrogen and oxygen atoms in total. The summed E-state index contributed by atoms with van der Waals surface area (Å²) >= 11 is -3.66. The van der Waals surface area contributed by atoms with E-state index in [0.29, 0.717) is 21.8 Å². The van der Waals surface area contributed by atoms with Crippen molar-refractivity contribution in [1.82, 2.24) is 0 Å². The van der Waals surface area contributed by atoms with Crippen LogP contribution in [-0.2, 0) is 15.7 Å². The number of carbonyl (C=O) groups excluding carboxylic acids is 2. The number of hydrogen-bond donors (Lipinski definition) is 0. The van der Waals surface area contributed by atoms with Gasteiger partial charge in [-0.05, 0) is 0 Å². The zero-order valence-electron chi connectivity index (χ0n) is 9.12. The molecule has 0 spiro atoms. The number of rotatable bonds is 8. The molecule has 0 saturated carbocycles. The standard InChI is InChI=1S/2C4H7.2CH2O2.Sn/c2*1-4(2)3;2*2-1-3;/h2*1-2H2,3H3;2*1H,(H,2,3);/q;;;;+2/p-2. The molecule has 0 fully saturated rings. The second kappa shape index (κ2) is 6.66. The first-order valence-electron chi connectivity index (χ1n) is 4.47. The van der Waals surface area contributed by atoms with Gasteiger partial charge in [-0.15, -0.1) is 0 Å². The van der Waals surface area contributed by atoms with Gasteiger partial charge in [0.1, 0.15) is 0 Å². The fraction of sp³-hybridized carbons (Fsp3) is 0.400. The first-order valence-corrected chi connectivity index (χ1v) is 10.8. The first-order chi connectivity index (χ1) is 6.95. The fourth-order valence-electron chi connectivity index (χ4n) is 1.35. The molecule has 0 radical (unpaired) electrons. The van der Waals surface area contributed by atoms with E-state index >= 15 is 0 Å². The van der Waals surface area contributed by atoms with Gasteiger partial charge in [-0.25, -0.2) is 0 Å². The maximum absolute atomic E-state index is 10.4. The molecule has 84 valence electrons. The average molecular weight is 319 g/mol. The third-order valence-corrected chi connectivity index (χ3v) is 11.2. The van der Waals surface area contributed by atoms with Crippen molar-refractivity contribution in [3.05, 3.63) is 24.3 Å². The van der Waals surface area contributed by atoms with Gasteiger partial charge in [-0.2, -0.15) is 0 Å². The molecule has 0 atom stereocenters. The quantitative estimate of drug-likeness (QED) is 0.390. The summed E-state index contributed by atoms with van der Waals surface area (Å²) in [4.78, 5) is 20.9.